The largest absolute Gasteiger partial charge is 0.493 e. The van der Waals surface area contributed by atoms with E-state index in [4.69, 9.17) is 4.74 Å². The maximum absolute atomic E-state index is 12.8. The van der Waals surface area contributed by atoms with Crippen molar-refractivity contribution in [3.63, 3.8) is 0 Å². The van der Waals surface area contributed by atoms with Gasteiger partial charge in [-0.05, 0) is 50.1 Å². The number of benzene rings is 2. The van der Waals surface area contributed by atoms with Gasteiger partial charge in [-0.1, -0.05) is 12.1 Å². The average Bonchev–Trinajstić information content (AvgIpc) is 2.69. The molecule has 0 radical (unpaired) electrons. The molecule has 1 aliphatic heterocycles. The number of para-hydroxylation sites is 1. The van der Waals surface area contributed by atoms with E-state index in [-0.39, 0.29) is 11.5 Å². The van der Waals surface area contributed by atoms with Crippen LogP contribution in [0.5, 0.6) is 5.75 Å². The summed E-state index contributed by atoms with van der Waals surface area (Å²) in [7, 11) is 0. The maximum Gasteiger partial charge on any atom is 0.261 e. The number of aryl methyl sites for hydroxylation is 1. The number of fused-ring (bicyclic) bond motifs is 2. The number of carbonyl (C=O) groups is 1. The number of hydrogen-bond donors (Lipinski definition) is 1. The van der Waals surface area contributed by atoms with Gasteiger partial charge in [0.2, 0.25) is 0 Å². The molecule has 3 aromatic rings. The third-order valence-electron chi connectivity index (χ3n) is 4.75. The van der Waals surface area contributed by atoms with Crippen molar-refractivity contribution < 1.29 is 9.53 Å². The average molecular weight is 363 g/mol. The van der Waals surface area contributed by atoms with Gasteiger partial charge in [0.05, 0.1) is 23.1 Å². The molecule has 0 unspecified atom stereocenters. The minimum absolute atomic E-state index is 0.0412. The maximum atomic E-state index is 12.8. The Labute approximate surface area is 156 Å². The summed E-state index contributed by atoms with van der Waals surface area (Å²) in [6, 6.07) is 12.4. The Morgan fingerprint density at radius 3 is 2.93 bits per heavy atom. The predicted octanol–water partition coefficient (Wildman–Crippen LogP) is 3.38. The first-order valence-electron chi connectivity index (χ1n) is 9.24. The molecule has 0 fully saturated rings. The lowest BCUT2D eigenvalue weighted by molar-refractivity contribution is 0.102. The van der Waals surface area contributed by atoms with E-state index in [1.54, 1.807) is 41.0 Å². The Hall–Kier alpha value is -3.15. The number of ether oxygens (including phenoxy) is 1. The van der Waals surface area contributed by atoms with Crippen LogP contribution in [0.2, 0.25) is 0 Å². The first-order valence-corrected chi connectivity index (χ1v) is 9.24. The molecule has 0 saturated carbocycles. The van der Waals surface area contributed by atoms with Crippen molar-refractivity contribution in [1.29, 1.82) is 0 Å². The second kappa shape index (κ2) is 7.23. The zero-order chi connectivity index (χ0) is 18.8. The van der Waals surface area contributed by atoms with E-state index in [2.05, 4.69) is 10.3 Å². The van der Waals surface area contributed by atoms with E-state index in [1.807, 2.05) is 13.0 Å². The Bertz CT molecular complexity index is 1070. The van der Waals surface area contributed by atoms with Gasteiger partial charge in [-0.25, -0.2) is 4.98 Å². The molecular formula is C21H21N3O3. The number of carbonyl (C=O) groups excluding carboxylic acids is 1. The molecule has 0 aliphatic carbocycles. The zero-order valence-corrected chi connectivity index (χ0v) is 15.2. The molecule has 1 aliphatic rings. The van der Waals surface area contributed by atoms with Crippen molar-refractivity contribution in [1.82, 2.24) is 9.55 Å². The van der Waals surface area contributed by atoms with Crippen LogP contribution in [0.4, 0.5) is 5.69 Å². The lowest BCUT2D eigenvalue weighted by Gasteiger charge is -2.18. The Balaban J connectivity index is 1.68. The second-order valence-corrected chi connectivity index (χ2v) is 6.56. The van der Waals surface area contributed by atoms with Gasteiger partial charge in [0.25, 0.3) is 11.5 Å². The Morgan fingerprint density at radius 2 is 2.07 bits per heavy atom. The van der Waals surface area contributed by atoms with Crippen LogP contribution in [0.15, 0.2) is 47.3 Å². The number of nitrogens with zero attached hydrogens (tertiary/aromatic N) is 2. The van der Waals surface area contributed by atoms with Gasteiger partial charge in [-0.3, -0.25) is 14.2 Å². The van der Waals surface area contributed by atoms with Crippen molar-refractivity contribution >= 4 is 22.5 Å². The molecule has 1 amide bonds. The van der Waals surface area contributed by atoms with Crippen LogP contribution in [0.1, 0.15) is 35.9 Å². The van der Waals surface area contributed by atoms with Crippen LogP contribution in [-0.4, -0.2) is 22.1 Å². The second-order valence-electron chi connectivity index (χ2n) is 6.56. The summed E-state index contributed by atoms with van der Waals surface area (Å²) in [5.74, 6) is 1.11. The van der Waals surface area contributed by atoms with E-state index in [1.165, 1.54) is 0 Å². The normalized spacial score (nSPS) is 13.2. The summed E-state index contributed by atoms with van der Waals surface area (Å²) < 4.78 is 7.28. The minimum atomic E-state index is -0.274. The van der Waals surface area contributed by atoms with Crippen molar-refractivity contribution in [3.8, 4) is 5.75 Å². The molecule has 1 aromatic heterocycles. The lowest BCUT2D eigenvalue weighted by atomic mass is 10.1. The van der Waals surface area contributed by atoms with Crippen molar-refractivity contribution in [2.24, 2.45) is 0 Å². The lowest BCUT2D eigenvalue weighted by Crippen LogP contribution is -2.28. The molecule has 4 rings (SSSR count). The molecule has 0 saturated heterocycles. The zero-order valence-electron chi connectivity index (χ0n) is 15.2. The summed E-state index contributed by atoms with van der Waals surface area (Å²) >= 11 is 0. The monoisotopic (exact) mass is 363 g/mol. The van der Waals surface area contributed by atoms with Crippen molar-refractivity contribution in [3.05, 3.63) is 64.2 Å². The van der Waals surface area contributed by atoms with Gasteiger partial charge in [-0.2, -0.15) is 0 Å². The molecule has 0 spiro atoms. The summed E-state index contributed by atoms with van der Waals surface area (Å²) in [5.41, 5.74) is 1.65. The molecule has 1 N–H and O–H groups in total. The van der Waals surface area contributed by atoms with Gasteiger partial charge in [0, 0.05) is 18.7 Å². The van der Waals surface area contributed by atoms with Crippen LogP contribution in [0.3, 0.4) is 0 Å². The van der Waals surface area contributed by atoms with E-state index >= 15 is 0 Å². The fraction of sp³-hybridized carbons (Fsp3) is 0.286. The van der Waals surface area contributed by atoms with E-state index in [0.717, 1.165) is 25.1 Å². The molecule has 138 valence electrons. The molecule has 0 bridgehead atoms. The SMILES string of the molecule is CCOc1ccccc1C(=O)Nc1ccc2nc3n(c(=O)c2c1)CCCC3. The van der Waals surface area contributed by atoms with E-state index in [0.29, 0.717) is 41.1 Å². The van der Waals surface area contributed by atoms with Gasteiger partial charge in [-0.15, -0.1) is 0 Å². The predicted molar refractivity (Wildman–Crippen MR) is 105 cm³/mol. The van der Waals surface area contributed by atoms with Gasteiger partial charge in [0.15, 0.2) is 0 Å². The summed E-state index contributed by atoms with van der Waals surface area (Å²) in [4.78, 5) is 30.1. The van der Waals surface area contributed by atoms with Gasteiger partial charge in [0.1, 0.15) is 11.6 Å². The summed E-state index contributed by atoms with van der Waals surface area (Å²) in [5, 5.41) is 3.39. The summed E-state index contributed by atoms with van der Waals surface area (Å²) in [6.07, 6.45) is 2.88. The smallest absolute Gasteiger partial charge is 0.261 e. The molecule has 27 heavy (non-hydrogen) atoms. The van der Waals surface area contributed by atoms with Gasteiger partial charge >= 0.3 is 0 Å². The molecule has 2 heterocycles. The van der Waals surface area contributed by atoms with Crippen LogP contribution in [0, 0.1) is 0 Å². The van der Waals surface area contributed by atoms with Crippen LogP contribution in [-0.2, 0) is 13.0 Å². The number of nitrogens with one attached hydrogen (secondary N) is 1. The molecular weight excluding hydrogens is 342 g/mol. The molecule has 6 heteroatoms. The Morgan fingerprint density at radius 1 is 1.22 bits per heavy atom. The highest BCUT2D eigenvalue weighted by Gasteiger charge is 2.16. The van der Waals surface area contributed by atoms with E-state index < -0.39 is 0 Å². The standard InChI is InChI=1S/C21H21N3O3/c1-2-27-18-8-4-3-7-15(18)20(25)22-14-10-11-17-16(13-14)21(26)24-12-6-5-9-19(24)23-17/h3-4,7-8,10-11,13H,2,5-6,9,12H2,1H3,(H,22,25). The minimum Gasteiger partial charge on any atom is -0.493 e. The van der Waals surface area contributed by atoms with Crippen LogP contribution in [0.25, 0.3) is 10.9 Å². The van der Waals surface area contributed by atoms with Crippen LogP contribution < -0.4 is 15.6 Å². The number of rotatable bonds is 4. The highest BCUT2D eigenvalue weighted by Crippen LogP contribution is 2.22. The highest BCUT2D eigenvalue weighted by atomic mass is 16.5. The third kappa shape index (κ3) is 3.30. The number of aromatic nitrogens is 2. The Kier molecular flexibility index (Phi) is 4.62. The highest BCUT2D eigenvalue weighted by molar-refractivity contribution is 6.06. The van der Waals surface area contributed by atoms with E-state index in [9.17, 15) is 9.59 Å². The molecule has 6 nitrogen and oxygen atoms in total. The fourth-order valence-electron chi connectivity index (χ4n) is 3.45. The van der Waals surface area contributed by atoms with Gasteiger partial charge < -0.3 is 10.1 Å². The quantitative estimate of drug-likeness (QED) is 0.771. The number of anilines is 1. The third-order valence-corrected chi connectivity index (χ3v) is 4.75. The molecule has 0 atom stereocenters. The number of amides is 1. The summed E-state index contributed by atoms with van der Waals surface area (Å²) in [6.45, 7) is 3.06. The molecule has 2 aromatic carbocycles. The van der Waals surface area contributed by atoms with Crippen LogP contribution >= 0.6 is 0 Å². The topological polar surface area (TPSA) is 73.2 Å². The van der Waals surface area contributed by atoms with Crippen molar-refractivity contribution in [2.75, 3.05) is 11.9 Å². The first-order chi connectivity index (χ1) is 13.2. The number of hydrogen-bond acceptors (Lipinski definition) is 4. The fourth-order valence-corrected chi connectivity index (χ4v) is 3.45. The van der Waals surface area contributed by atoms with Crippen molar-refractivity contribution in [2.45, 2.75) is 32.7 Å². The first kappa shape index (κ1) is 17.3.